The molecule has 0 saturated heterocycles. The monoisotopic (exact) mass is 1320 g/mol. The maximum absolute atomic E-state index is 13.5. The summed E-state index contributed by atoms with van der Waals surface area (Å²) in [6, 6.07) is 20.7. The van der Waals surface area contributed by atoms with Crippen LogP contribution in [0.2, 0.25) is 0 Å². The molecular weight excluding hydrogens is 1250 g/mol. The van der Waals surface area contributed by atoms with Gasteiger partial charge >= 0.3 is 5.97 Å². The van der Waals surface area contributed by atoms with Gasteiger partial charge in [0.05, 0.1) is 58.9 Å². The third-order valence-corrected chi connectivity index (χ3v) is 15.7. The topological polar surface area (TPSA) is 355 Å². The molecule has 0 unspecified atom stereocenters. The predicted molar refractivity (Wildman–Crippen MR) is 360 cm³/mol. The first kappa shape index (κ1) is 66.8. The molecule has 0 atom stereocenters. The van der Waals surface area contributed by atoms with E-state index in [9.17, 15) is 53.4 Å². The molecule has 494 valence electrons. The molecule has 10 rings (SSSR count). The van der Waals surface area contributed by atoms with Gasteiger partial charge in [-0.2, -0.15) is 0 Å². The van der Waals surface area contributed by atoms with E-state index in [1.165, 1.54) is 56.2 Å². The quantitative estimate of drug-likeness (QED) is 0.0194. The zero-order chi connectivity index (χ0) is 68.6. The van der Waals surface area contributed by atoms with Gasteiger partial charge in [-0.25, -0.2) is 14.8 Å². The van der Waals surface area contributed by atoms with Crippen molar-refractivity contribution in [3.05, 3.63) is 189 Å². The number of aromatic carboxylic acids is 1. The first-order valence-corrected chi connectivity index (χ1v) is 30.5. The Labute approximate surface area is 553 Å². The molecule has 0 bridgehead atoms. The van der Waals surface area contributed by atoms with Crippen LogP contribution in [0, 0.1) is 0 Å². The Bertz CT molecular complexity index is 4750. The second-order valence-electron chi connectivity index (χ2n) is 23.0. The number of carbonyl (C=O) groups excluding carboxylic acids is 8. The van der Waals surface area contributed by atoms with Crippen LogP contribution in [-0.4, -0.2) is 125 Å². The molecule has 0 radical (unpaired) electrons. The number of hydrogen-bond donors (Lipinski definition) is 10. The van der Waals surface area contributed by atoms with Gasteiger partial charge in [0.25, 0.3) is 23.6 Å². The fraction of sp³-hybridized carbons (Fsp3) is 0.224. The summed E-state index contributed by atoms with van der Waals surface area (Å²) in [5.41, 5.74) is 5.17. The van der Waals surface area contributed by atoms with Gasteiger partial charge in [-0.05, 0) is 84.0 Å². The molecule has 6 amide bonds. The van der Waals surface area contributed by atoms with Gasteiger partial charge < -0.3 is 84.9 Å². The Morgan fingerprint density at radius 1 is 0.531 bits per heavy atom. The minimum atomic E-state index is -1.19. The van der Waals surface area contributed by atoms with Gasteiger partial charge in [-0.15, -0.1) is 0 Å². The van der Waals surface area contributed by atoms with E-state index in [0.717, 1.165) is 0 Å². The van der Waals surface area contributed by atoms with Gasteiger partial charge in [-0.3, -0.25) is 38.4 Å². The molecule has 0 saturated carbocycles. The van der Waals surface area contributed by atoms with E-state index in [1.807, 2.05) is 7.05 Å². The largest absolute Gasteiger partial charge is 0.508 e. The van der Waals surface area contributed by atoms with Crippen LogP contribution in [0.5, 0.6) is 17.2 Å². The Morgan fingerprint density at radius 2 is 1.08 bits per heavy atom. The van der Waals surface area contributed by atoms with Gasteiger partial charge in [0, 0.05) is 146 Å². The van der Waals surface area contributed by atoms with Crippen molar-refractivity contribution in [2.24, 2.45) is 42.3 Å². The van der Waals surface area contributed by atoms with Crippen LogP contribution in [0.15, 0.2) is 122 Å². The van der Waals surface area contributed by atoms with Crippen molar-refractivity contribution < 1.29 is 58.1 Å². The number of anilines is 5. The molecule has 7 heterocycles. The second-order valence-corrected chi connectivity index (χ2v) is 23.4. The third-order valence-electron chi connectivity index (χ3n) is 15.4. The van der Waals surface area contributed by atoms with Gasteiger partial charge in [0.15, 0.2) is 10.9 Å². The van der Waals surface area contributed by atoms with Crippen LogP contribution < -0.4 is 57.7 Å². The Morgan fingerprint density at radius 3 is 1.66 bits per heavy atom. The lowest BCUT2D eigenvalue weighted by molar-refractivity contribution is -0.118. The first-order valence-electron chi connectivity index (χ1n) is 30.1. The highest BCUT2D eigenvalue weighted by molar-refractivity contribution is 7.80. The van der Waals surface area contributed by atoms with E-state index in [4.69, 9.17) is 17.0 Å². The average Bonchev–Trinajstić information content (AvgIpc) is 0.916. The fourth-order valence-corrected chi connectivity index (χ4v) is 11.1. The summed E-state index contributed by atoms with van der Waals surface area (Å²) in [6.45, 7) is 4.23. The fourth-order valence-electron chi connectivity index (χ4n) is 10.9. The van der Waals surface area contributed by atoms with Crippen molar-refractivity contribution in [3.8, 4) is 17.2 Å². The Balaban J connectivity index is 0.625. The van der Waals surface area contributed by atoms with Crippen molar-refractivity contribution in [2.45, 2.75) is 38.5 Å². The zero-order valence-electron chi connectivity index (χ0n) is 53.1. The molecule has 1 aliphatic rings. The van der Waals surface area contributed by atoms with E-state index in [2.05, 4.69) is 59.1 Å². The summed E-state index contributed by atoms with van der Waals surface area (Å²) in [5, 5.41) is 44.5. The number of hydrogen-bond acceptors (Lipinski definition) is 14. The number of rotatable bonds is 26. The lowest BCUT2D eigenvalue weighted by Crippen LogP contribution is -2.31. The summed E-state index contributed by atoms with van der Waals surface area (Å²) >= 11 is 5.48. The van der Waals surface area contributed by atoms with E-state index < -0.39 is 41.4 Å². The number of carboxylic acid groups (broad SMARTS) is 1. The van der Waals surface area contributed by atoms with Crippen molar-refractivity contribution in [2.75, 3.05) is 46.2 Å². The highest BCUT2D eigenvalue weighted by atomic mass is 32.1. The number of nitrogens with one attached hydrogen (secondary N) is 8. The van der Waals surface area contributed by atoms with Gasteiger partial charge in [0.1, 0.15) is 45.8 Å². The molecule has 10 N–H and O–H groups in total. The third kappa shape index (κ3) is 16.0. The number of nitrogens with zero attached hydrogens (tertiary/aromatic N) is 8. The Kier molecular flexibility index (Phi) is 20.0. The number of phenols is 1. The number of aromatic nitrogens is 8. The number of carbonyl (C=O) groups is 9. The van der Waals surface area contributed by atoms with Crippen molar-refractivity contribution >= 4 is 111 Å². The number of fused-ring (bicyclic) bond motifs is 2. The number of amides is 6. The lowest BCUT2D eigenvalue weighted by Gasteiger charge is -2.22. The van der Waals surface area contributed by atoms with Gasteiger partial charge in [0.2, 0.25) is 17.6 Å². The first-order chi connectivity index (χ1) is 45.8. The molecule has 3 aromatic carbocycles. The maximum Gasteiger partial charge on any atom is 0.336 e. The van der Waals surface area contributed by atoms with E-state index in [0.29, 0.717) is 84.9 Å². The molecule has 28 nitrogen and oxygen atoms in total. The smallest absolute Gasteiger partial charge is 0.336 e. The number of ketones is 2. The number of aryl methyl sites for hydroxylation is 6. The molecular formula is C67H68N16O12S. The number of Topliss-reactive ketones (excluding diaryl/α,β-unsaturated/α-hetero) is 2. The molecule has 6 aromatic heterocycles. The van der Waals surface area contributed by atoms with Gasteiger partial charge in [-0.1, -0.05) is 24.8 Å². The summed E-state index contributed by atoms with van der Waals surface area (Å²) in [5.74, 6) is -3.29. The van der Waals surface area contributed by atoms with Crippen molar-refractivity contribution in [3.63, 3.8) is 0 Å². The predicted octanol–water partition coefficient (Wildman–Crippen LogP) is 5.00. The minimum Gasteiger partial charge on any atom is -0.508 e. The minimum absolute atomic E-state index is 0.0170. The number of imidazole rings is 2. The summed E-state index contributed by atoms with van der Waals surface area (Å²) in [4.78, 5) is 126. The normalized spacial score (nSPS) is 11.4. The number of benzene rings is 3. The maximum atomic E-state index is 13.5. The Hall–Kier alpha value is -12.1. The van der Waals surface area contributed by atoms with Crippen LogP contribution in [0.25, 0.3) is 12.2 Å². The zero-order valence-corrected chi connectivity index (χ0v) is 53.9. The van der Waals surface area contributed by atoms with E-state index >= 15 is 0 Å². The van der Waals surface area contributed by atoms with E-state index in [1.54, 1.807) is 129 Å². The summed E-state index contributed by atoms with van der Waals surface area (Å²) < 4.78 is 15.5. The molecule has 0 fully saturated rings. The number of carboxylic acids is 1. The summed E-state index contributed by atoms with van der Waals surface area (Å²) in [6.07, 6.45) is 11.8. The molecule has 0 spiro atoms. The van der Waals surface area contributed by atoms with Crippen LogP contribution in [0.4, 0.5) is 28.4 Å². The summed E-state index contributed by atoms with van der Waals surface area (Å²) in [7, 11) is 10.0. The van der Waals surface area contributed by atoms with Crippen LogP contribution in [0.1, 0.15) is 111 Å². The standard InChI is InChI=1S/C67H68N16O12S/c1-37-10-13-48-56(21-37)95-57-29-46(85)12-15-49(57)60(48)47-14-11-38(23-50(47)66(93)94)77-67(96)70-20-17-59(88)73-42-25-54(82(6)32-42)65(92)76-44-27-52(80(4)34-44)63(90)69-19-16-58(87)72-41-24-53(81(5)31-41)64(91)75-43-26-51(79(3)33-43)62(89)68-18-8-9-45(84)22-40-35-83(7)61(74-40)55(86)28-39-30-78(2)36-71-39/h10-15,21,23-27,29-36,85H,1,8-9,16-20,22,28H2,2-7H3,(H,68,89)(H,69,90)(H,72,87)(H,73,88)(H,75,91)(H,76,92)(H,93,94)(H2,70,77,96). The van der Waals surface area contributed by atoms with Crippen molar-refractivity contribution in [1.29, 1.82) is 0 Å². The number of aromatic hydroxyl groups is 1. The van der Waals surface area contributed by atoms with Crippen LogP contribution in [0.3, 0.4) is 0 Å². The van der Waals surface area contributed by atoms with Crippen LogP contribution >= 0.6 is 12.2 Å². The van der Waals surface area contributed by atoms with Crippen molar-refractivity contribution in [1.82, 2.24) is 53.3 Å². The highest BCUT2D eigenvalue weighted by Crippen LogP contribution is 2.39. The number of thiocarbonyl (C=S) groups is 1. The number of phenolic OH excluding ortho intramolecular Hbond substituents is 1. The molecule has 0 aliphatic carbocycles. The molecule has 29 heteroatoms. The molecule has 9 aromatic rings. The lowest BCUT2D eigenvalue weighted by atomic mass is 9.89. The van der Waals surface area contributed by atoms with Crippen LogP contribution in [-0.2, 0) is 69.5 Å². The average molecular weight is 1320 g/mol. The van der Waals surface area contributed by atoms with E-state index in [-0.39, 0.29) is 108 Å². The molecule has 96 heavy (non-hydrogen) atoms. The molecule has 1 aliphatic heterocycles. The second kappa shape index (κ2) is 28.8. The number of ether oxygens (including phenoxy) is 1. The SMILES string of the molecule is C=c1ccc2c(c1)Oc1cc(O)ccc1C=2c1ccc(NC(=S)NCCC(=O)Nc2cc(C(=O)Nc3cc(C(=O)NCCC(=O)Nc4cc(C(=O)Nc5cc(C(=O)NCCCC(=O)Cc6cn(C)c(C(=O)Cc7cn(C)cn7)n6)n(C)c5)n(C)c4)n(C)c3)n(C)c2)cc1C(=O)O. The highest BCUT2D eigenvalue weighted by Gasteiger charge is 2.26.